The number of rotatable bonds is 2. The molecule has 25 heavy (non-hydrogen) atoms. The maximum Gasteiger partial charge on any atom is 0.150 e. The molecule has 0 aliphatic rings. The molecule has 0 saturated heterocycles. The summed E-state index contributed by atoms with van der Waals surface area (Å²) in [6, 6.07) is 17.9. The van der Waals surface area contributed by atoms with Crippen LogP contribution in [0.25, 0.3) is 21.9 Å². The van der Waals surface area contributed by atoms with Crippen LogP contribution in [-0.2, 0) is 0 Å². The summed E-state index contributed by atoms with van der Waals surface area (Å²) in [5.41, 5.74) is 2.66. The largest absolute Gasteiger partial charge is 0.400 e. The highest BCUT2D eigenvalue weighted by Gasteiger charge is 2.04. The van der Waals surface area contributed by atoms with E-state index in [9.17, 15) is 18.0 Å². The Morgan fingerprint density at radius 1 is 0.840 bits per heavy atom. The fourth-order valence-corrected chi connectivity index (χ4v) is 2.26. The number of hydrogen-bond donors (Lipinski definition) is 1. The van der Waals surface area contributed by atoms with E-state index in [0.717, 1.165) is 35.3 Å². The van der Waals surface area contributed by atoms with Crippen molar-refractivity contribution < 1.29 is 23.1 Å². The molecular formula is C20H21F3O2. The van der Waals surface area contributed by atoms with Gasteiger partial charge in [-0.2, -0.15) is 0 Å². The summed E-state index contributed by atoms with van der Waals surface area (Å²) in [5, 5.41) is 9.06. The van der Waals surface area contributed by atoms with Gasteiger partial charge in [-0.1, -0.05) is 42.5 Å². The number of aldehydes is 1. The van der Waals surface area contributed by atoms with Gasteiger partial charge in [-0.15, -0.1) is 0 Å². The van der Waals surface area contributed by atoms with E-state index >= 15 is 0 Å². The molecular weight excluding hydrogens is 329 g/mol. The maximum atomic E-state index is 13.0. The number of aliphatic hydroxyl groups excluding tert-OH is 1. The molecule has 0 heterocycles. The number of fused-ring (bicyclic) bond motifs is 1. The van der Waals surface area contributed by atoms with E-state index in [0.29, 0.717) is 19.9 Å². The highest BCUT2D eigenvalue weighted by atomic mass is 19.1. The van der Waals surface area contributed by atoms with Crippen LogP contribution in [0.3, 0.4) is 0 Å². The molecule has 0 bridgehead atoms. The van der Waals surface area contributed by atoms with Gasteiger partial charge in [0.25, 0.3) is 0 Å². The van der Waals surface area contributed by atoms with E-state index in [1.165, 1.54) is 12.1 Å². The fourth-order valence-electron chi connectivity index (χ4n) is 2.26. The molecule has 0 radical (unpaired) electrons. The third-order valence-corrected chi connectivity index (χ3v) is 3.20. The molecule has 3 aromatic carbocycles. The highest BCUT2D eigenvalue weighted by Crippen LogP contribution is 2.29. The summed E-state index contributed by atoms with van der Waals surface area (Å²) < 4.78 is 32.0. The van der Waals surface area contributed by atoms with E-state index in [2.05, 4.69) is 0 Å². The average molecular weight is 350 g/mol. The molecule has 0 fully saturated rings. The molecule has 0 atom stereocenters. The van der Waals surface area contributed by atoms with E-state index in [1.54, 1.807) is 18.2 Å². The van der Waals surface area contributed by atoms with Crippen molar-refractivity contribution in [2.75, 3.05) is 21.5 Å². The van der Waals surface area contributed by atoms with Gasteiger partial charge in [0.2, 0.25) is 0 Å². The van der Waals surface area contributed by atoms with Gasteiger partial charge in [0, 0.05) is 12.7 Å². The summed E-state index contributed by atoms with van der Waals surface area (Å²) in [7, 11) is 2.00. The molecule has 1 N–H and O–H groups in total. The zero-order valence-electron chi connectivity index (χ0n) is 14.3. The lowest BCUT2D eigenvalue weighted by Crippen LogP contribution is -1.84. The average Bonchev–Trinajstić information content (AvgIpc) is 2.72. The number of halogens is 3. The fraction of sp³-hybridized carbons (Fsp3) is 0.150. The van der Waals surface area contributed by atoms with E-state index in [1.807, 2.05) is 30.3 Å². The first kappa shape index (κ1) is 22.3. The minimum Gasteiger partial charge on any atom is -0.400 e. The first-order valence-corrected chi connectivity index (χ1v) is 7.22. The number of alkyl halides is 2. The molecule has 0 aliphatic carbocycles. The number of hydrogen-bond acceptors (Lipinski definition) is 2. The van der Waals surface area contributed by atoms with Crippen LogP contribution in [-0.4, -0.2) is 32.9 Å². The molecule has 3 aromatic rings. The predicted molar refractivity (Wildman–Crippen MR) is 96.9 cm³/mol. The molecule has 3 rings (SSSR count). The lowest BCUT2D eigenvalue weighted by atomic mass is 9.97. The van der Waals surface area contributed by atoms with Gasteiger partial charge in [0.05, 0.1) is 14.4 Å². The van der Waals surface area contributed by atoms with Crippen LogP contribution in [0.1, 0.15) is 10.4 Å². The van der Waals surface area contributed by atoms with Crippen LogP contribution in [0.4, 0.5) is 13.2 Å². The molecule has 134 valence electrons. The van der Waals surface area contributed by atoms with Gasteiger partial charge >= 0.3 is 0 Å². The van der Waals surface area contributed by atoms with Crippen molar-refractivity contribution in [1.29, 1.82) is 0 Å². The summed E-state index contributed by atoms with van der Waals surface area (Å²) >= 11 is 0. The van der Waals surface area contributed by atoms with Crippen LogP contribution in [0.15, 0.2) is 60.7 Å². The zero-order chi connectivity index (χ0) is 19.2. The Hall–Kier alpha value is -2.66. The third kappa shape index (κ3) is 6.04. The minimum atomic E-state index is -0.243. The molecule has 0 unspecified atom stereocenters. The second-order valence-corrected chi connectivity index (χ2v) is 4.41. The predicted octanol–water partition coefficient (Wildman–Crippen LogP) is 5.24. The van der Waals surface area contributed by atoms with Crippen molar-refractivity contribution >= 4 is 17.1 Å². The van der Waals surface area contributed by atoms with Crippen LogP contribution in [0.2, 0.25) is 0 Å². The van der Waals surface area contributed by atoms with Crippen molar-refractivity contribution in [3.05, 3.63) is 72.0 Å². The Labute approximate surface area is 145 Å². The van der Waals surface area contributed by atoms with E-state index in [4.69, 9.17) is 5.11 Å². The lowest BCUT2D eigenvalue weighted by Gasteiger charge is -2.07. The molecule has 0 aromatic heterocycles. The monoisotopic (exact) mass is 350 g/mol. The van der Waals surface area contributed by atoms with Crippen LogP contribution in [0, 0.1) is 5.82 Å². The van der Waals surface area contributed by atoms with E-state index < -0.39 is 0 Å². The van der Waals surface area contributed by atoms with Crippen molar-refractivity contribution in [3.63, 3.8) is 0 Å². The first-order valence-electron chi connectivity index (χ1n) is 7.22. The van der Waals surface area contributed by atoms with Crippen LogP contribution >= 0.6 is 0 Å². The Bertz CT molecular complexity index is 756. The SMILES string of the molecule is CF.CF.CO.O=Cc1ccc2c(-c3ccc(F)cc3)cccc2c1. The third-order valence-electron chi connectivity index (χ3n) is 3.20. The molecule has 0 saturated carbocycles. The number of carbonyl (C=O) groups is 1. The van der Waals surface area contributed by atoms with Crippen molar-refractivity contribution in [1.82, 2.24) is 0 Å². The maximum absolute atomic E-state index is 13.0. The normalized spacial score (nSPS) is 8.76. The Morgan fingerprint density at radius 2 is 1.44 bits per heavy atom. The number of benzene rings is 3. The molecule has 5 heteroatoms. The molecule has 0 amide bonds. The van der Waals surface area contributed by atoms with Crippen molar-refractivity contribution in [2.24, 2.45) is 0 Å². The Morgan fingerprint density at radius 3 is 2.00 bits per heavy atom. The van der Waals surface area contributed by atoms with Gasteiger partial charge in [-0.05, 0) is 40.1 Å². The van der Waals surface area contributed by atoms with Crippen molar-refractivity contribution in [2.45, 2.75) is 0 Å². The smallest absolute Gasteiger partial charge is 0.150 e. The zero-order valence-corrected chi connectivity index (χ0v) is 14.3. The van der Waals surface area contributed by atoms with Gasteiger partial charge < -0.3 is 5.11 Å². The standard InChI is InChI=1S/C17H11FO.2CH3F.CH4O/c18-15-7-5-13(6-8-15)16-3-1-2-14-10-12(11-19)4-9-17(14)16;3*1-2/h1-11H;2*1H3;2H,1H3. The minimum absolute atomic E-state index is 0.243. The number of carbonyl (C=O) groups excluding carboxylic acids is 1. The molecule has 2 nitrogen and oxygen atoms in total. The van der Waals surface area contributed by atoms with E-state index in [-0.39, 0.29) is 5.82 Å². The van der Waals surface area contributed by atoms with Crippen molar-refractivity contribution in [3.8, 4) is 11.1 Å². The number of aliphatic hydroxyl groups is 1. The Kier molecular flexibility index (Phi) is 11.4. The van der Waals surface area contributed by atoms with Gasteiger partial charge in [-0.25, -0.2) is 4.39 Å². The van der Waals surface area contributed by atoms with Gasteiger partial charge in [-0.3, -0.25) is 13.6 Å². The summed E-state index contributed by atoms with van der Waals surface area (Å²) in [6.45, 7) is 0. The summed E-state index contributed by atoms with van der Waals surface area (Å²) in [5.74, 6) is -0.243. The van der Waals surface area contributed by atoms with Crippen LogP contribution in [0.5, 0.6) is 0 Å². The quantitative estimate of drug-likeness (QED) is 0.642. The summed E-state index contributed by atoms with van der Waals surface area (Å²) in [4.78, 5) is 10.8. The highest BCUT2D eigenvalue weighted by molar-refractivity contribution is 5.98. The summed E-state index contributed by atoms with van der Waals surface area (Å²) in [6.07, 6.45) is 0.837. The lowest BCUT2D eigenvalue weighted by molar-refractivity contribution is 0.112. The molecule has 0 aliphatic heterocycles. The molecule has 0 spiro atoms. The second kappa shape index (κ2) is 12.7. The topological polar surface area (TPSA) is 37.3 Å². The van der Waals surface area contributed by atoms with Crippen LogP contribution < -0.4 is 0 Å². The Balaban J connectivity index is 0.000000871. The van der Waals surface area contributed by atoms with Gasteiger partial charge in [0.15, 0.2) is 0 Å². The first-order chi connectivity index (χ1) is 12.3. The van der Waals surface area contributed by atoms with Gasteiger partial charge in [0.1, 0.15) is 12.1 Å². The second-order valence-electron chi connectivity index (χ2n) is 4.41.